The van der Waals surface area contributed by atoms with Crippen LogP contribution in [0.1, 0.15) is 142 Å². The van der Waals surface area contributed by atoms with Crippen LogP contribution in [0.4, 0.5) is 0 Å². The Morgan fingerprint density at radius 2 is 0.950 bits per heavy atom. The average Bonchev–Trinajstić information content (AvgIpc) is 3.21. The Morgan fingerprint density at radius 3 is 1.40 bits per heavy atom. The van der Waals surface area contributed by atoms with Crippen molar-refractivity contribution in [2.75, 3.05) is 33.4 Å². The molecule has 15 N–H and O–H groups in total. The number of carbonyl (C=O) groups excluding carboxylic acids is 6. The third-order valence-corrected chi connectivity index (χ3v) is 9.88. The first kappa shape index (κ1) is 55.4. The van der Waals surface area contributed by atoms with Crippen LogP contribution in [0.25, 0.3) is 0 Å². The Hall–Kier alpha value is -4.56. The lowest BCUT2D eigenvalue weighted by atomic mass is 10.0. The van der Waals surface area contributed by atoms with Crippen LogP contribution in [0.3, 0.4) is 0 Å². The van der Waals surface area contributed by atoms with Gasteiger partial charge in [-0.3, -0.25) is 39.0 Å². The van der Waals surface area contributed by atoms with Crippen molar-refractivity contribution in [3.63, 3.8) is 0 Å². The first-order chi connectivity index (χ1) is 28.7. The quantitative estimate of drug-likeness (QED) is 0.0221. The molecule has 0 aromatic rings. The third-order valence-electron chi connectivity index (χ3n) is 9.88. The van der Waals surface area contributed by atoms with Gasteiger partial charge < -0.3 is 64.0 Å². The van der Waals surface area contributed by atoms with Crippen molar-refractivity contribution in [3.8, 4) is 0 Å². The topological polar surface area (TPSA) is 340 Å². The molecule has 6 amide bonds. The number of likely N-dealkylation sites (N-methyl/N-ethyl adjacent to an activating group) is 1. The van der Waals surface area contributed by atoms with Gasteiger partial charge in [0.05, 0.1) is 13.2 Å². The minimum Gasteiger partial charge on any atom is -0.481 e. The lowest BCUT2D eigenvalue weighted by Crippen LogP contribution is -2.60. The minimum absolute atomic E-state index is 0.103. The second-order valence-electron chi connectivity index (χ2n) is 15.0. The van der Waals surface area contributed by atoms with Gasteiger partial charge in [0.15, 0.2) is 5.96 Å². The van der Waals surface area contributed by atoms with Crippen molar-refractivity contribution in [1.29, 1.82) is 5.41 Å². The molecule has 20 heteroatoms. The summed E-state index contributed by atoms with van der Waals surface area (Å²) in [5.74, 6) is -6.33. The first-order valence-corrected chi connectivity index (χ1v) is 21.7. The number of carboxylic acid groups (broad SMARTS) is 1. The summed E-state index contributed by atoms with van der Waals surface area (Å²) in [5.41, 5.74) is 10.9. The molecule has 0 aliphatic heterocycles. The van der Waals surface area contributed by atoms with Gasteiger partial charge in [0, 0.05) is 26.4 Å². The number of carbonyl (C=O) groups is 7. The van der Waals surface area contributed by atoms with Gasteiger partial charge in [-0.1, -0.05) is 84.0 Å². The molecule has 0 spiro atoms. The van der Waals surface area contributed by atoms with Gasteiger partial charge in [-0.05, 0) is 51.5 Å². The number of unbranched alkanes of at least 4 members (excludes halogenated alkanes) is 13. The molecule has 20 nitrogen and oxygen atoms in total. The van der Waals surface area contributed by atoms with E-state index < -0.39 is 91.3 Å². The van der Waals surface area contributed by atoms with Gasteiger partial charge in [-0.15, -0.1) is 0 Å². The molecule has 0 radical (unpaired) electrons. The summed E-state index contributed by atoms with van der Waals surface area (Å²) in [7, 11) is 1.38. The highest BCUT2D eigenvalue weighted by atomic mass is 16.4. The van der Waals surface area contributed by atoms with Gasteiger partial charge in [0.1, 0.15) is 30.2 Å². The SMILES string of the molecule is CCCCCCCCCCCCCCCC(=O)N[C@@H](CO)C(=O)N[C@@H](CO)C(=O)N[C@@H](CCCNC(=N)N)C(=O)N[C@@H](CCC(=O)O)C(=O)N[C@@H](CCCCN)C(=O)NC. The second kappa shape index (κ2) is 35.2. The fourth-order valence-electron chi connectivity index (χ4n) is 6.32. The standard InChI is InChI=1S/C40H76N10O10/c1-3-4-5-6-7-8-9-10-11-12-13-14-15-21-33(53)46-31(26-51)38(59)50-32(27-52)39(60)48-29(20-18-25-45-40(42)43)36(57)49-30(22-23-34(54)55)37(58)47-28(35(56)44-2)19-16-17-24-41/h28-32,51-52H,3-27,41H2,1-2H3,(H,44,56)(H,46,53)(H,47,58)(H,48,60)(H,49,57)(H,50,59)(H,54,55)(H4,42,43,45)/t28-,29-,30-,31-,32-/m0/s1. The predicted molar refractivity (Wildman–Crippen MR) is 227 cm³/mol. The van der Waals surface area contributed by atoms with Crippen molar-refractivity contribution >= 4 is 47.4 Å². The monoisotopic (exact) mass is 857 g/mol. The molecule has 0 fully saturated rings. The number of guanidine groups is 1. The van der Waals surface area contributed by atoms with Gasteiger partial charge in [0.2, 0.25) is 35.4 Å². The number of aliphatic hydroxyl groups excluding tert-OH is 2. The molecule has 60 heavy (non-hydrogen) atoms. The van der Waals surface area contributed by atoms with Crippen LogP contribution in [0.15, 0.2) is 0 Å². The molecular weight excluding hydrogens is 780 g/mol. The highest BCUT2D eigenvalue weighted by Crippen LogP contribution is 2.13. The fourth-order valence-corrected chi connectivity index (χ4v) is 6.32. The molecule has 346 valence electrons. The Kier molecular flexibility index (Phi) is 32.5. The summed E-state index contributed by atoms with van der Waals surface area (Å²) in [4.78, 5) is 89.9. The van der Waals surface area contributed by atoms with Crippen LogP contribution in [-0.2, 0) is 33.6 Å². The molecule has 0 unspecified atom stereocenters. The molecular formula is C40H76N10O10. The van der Waals surface area contributed by atoms with Gasteiger partial charge in [-0.2, -0.15) is 0 Å². The number of nitrogens with one attached hydrogen (secondary N) is 8. The summed E-state index contributed by atoms with van der Waals surface area (Å²) >= 11 is 0. The summed E-state index contributed by atoms with van der Waals surface area (Å²) in [6.45, 7) is 0.948. The number of rotatable bonds is 37. The summed E-state index contributed by atoms with van der Waals surface area (Å²) < 4.78 is 0. The van der Waals surface area contributed by atoms with Crippen molar-refractivity contribution in [2.45, 2.75) is 172 Å². The lowest BCUT2D eigenvalue weighted by Gasteiger charge is -2.26. The van der Waals surface area contributed by atoms with Gasteiger partial charge >= 0.3 is 5.97 Å². The molecule has 0 aliphatic rings. The van der Waals surface area contributed by atoms with E-state index in [2.05, 4.69) is 44.1 Å². The van der Waals surface area contributed by atoms with E-state index in [1.165, 1.54) is 58.4 Å². The van der Waals surface area contributed by atoms with E-state index in [0.717, 1.165) is 25.7 Å². The van der Waals surface area contributed by atoms with E-state index in [4.69, 9.17) is 16.9 Å². The van der Waals surface area contributed by atoms with E-state index in [1.54, 1.807) is 0 Å². The van der Waals surface area contributed by atoms with Crippen LogP contribution in [0.2, 0.25) is 0 Å². The summed E-state index contributed by atoms with van der Waals surface area (Å²) in [5, 5.41) is 53.8. The maximum atomic E-state index is 13.6. The Bertz CT molecular complexity index is 1290. The average molecular weight is 857 g/mol. The molecule has 0 bridgehead atoms. The molecule has 0 aromatic carbocycles. The summed E-state index contributed by atoms with van der Waals surface area (Å²) in [6, 6.07) is -6.94. The molecule has 0 rings (SSSR count). The smallest absolute Gasteiger partial charge is 0.303 e. The normalized spacial score (nSPS) is 13.4. The fraction of sp³-hybridized carbons (Fsp3) is 0.800. The molecule has 0 heterocycles. The van der Waals surface area contributed by atoms with Crippen LogP contribution < -0.4 is 48.7 Å². The highest BCUT2D eigenvalue weighted by molar-refractivity contribution is 5.96. The molecule has 0 aliphatic carbocycles. The first-order valence-electron chi connectivity index (χ1n) is 21.7. The van der Waals surface area contributed by atoms with Crippen LogP contribution >= 0.6 is 0 Å². The number of hydrogen-bond acceptors (Lipinski definition) is 11. The lowest BCUT2D eigenvalue weighted by molar-refractivity contribution is -0.138. The molecule has 0 saturated heterocycles. The van der Waals surface area contributed by atoms with Gasteiger partial charge in [0.25, 0.3) is 0 Å². The predicted octanol–water partition coefficient (Wildman–Crippen LogP) is -0.121. The van der Waals surface area contributed by atoms with Gasteiger partial charge in [-0.25, -0.2) is 0 Å². The zero-order valence-electron chi connectivity index (χ0n) is 35.9. The maximum absolute atomic E-state index is 13.6. The maximum Gasteiger partial charge on any atom is 0.303 e. The van der Waals surface area contributed by atoms with Crippen molar-refractivity contribution in [3.05, 3.63) is 0 Å². The Labute approximate surface area is 355 Å². The number of nitrogens with two attached hydrogens (primary N) is 2. The largest absolute Gasteiger partial charge is 0.481 e. The Morgan fingerprint density at radius 1 is 0.533 bits per heavy atom. The minimum atomic E-state index is -1.64. The van der Waals surface area contributed by atoms with E-state index in [-0.39, 0.29) is 44.6 Å². The molecule has 5 atom stereocenters. The number of aliphatic carboxylic acids is 1. The van der Waals surface area contributed by atoms with E-state index in [0.29, 0.717) is 25.8 Å². The number of hydrogen-bond donors (Lipinski definition) is 13. The third kappa shape index (κ3) is 27.2. The second-order valence-corrected chi connectivity index (χ2v) is 15.0. The number of carboxylic acids is 1. The summed E-state index contributed by atoms with van der Waals surface area (Å²) in [6.07, 6.45) is 15.4. The molecule has 0 aromatic heterocycles. The van der Waals surface area contributed by atoms with E-state index >= 15 is 0 Å². The Balaban J connectivity index is 5.47. The molecule has 0 saturated carbocycles. The van der Waals surface area contributed by atoms with E-state index in [1.807, 2.05) is 0 Å². The van der Waals surface area contributed by atoms with Crippen LogP contribution in [-0.4, -0.2) is 126 Å². The van der Waals surface area contributed by atoms with Crippen LogP contribution in [0.5, 0.6) is 0 Å². The van der Waals surface area contributed by atoms with E-state index in [9.17, 15) is 48.9 Å². The number of aliphatic hydroxyl groups is 2. The zero-order valence-corrected chi connectivity index (χ0v) is 35.9. The number of amides is 6. The van der Waals surface area contributed by atoms with Crippen molar-refractivity contribution in [1.82, 2.24) is 37.2 Å². The zero-order chi connectivity index (χ0) is 45.1. The van der Waals surface area contributed by atoms with Crippen LogP contribution in [0, 0.1) is 5.41 Å². The van der Waals surface area contributed by atoms with Crippen molar-refractivity contribution in [2.24, 2.45) is 11.5 Å². The highest BCUT2D eigenvalue weighted by Gasteiger charge is 2.32. The van der Waals surface area contributed by atoms with Crippen molar-refractivity contribution < 1.29 is 48.9 Å².